The van der Waals surface area contributed by atoms with Gasteiger partial charge in [-0.1, -0.05) is 54.0 Å². The van der Waals surface area contributed by atoms with E-state index in [1.807, 2.05) is 12.4 Å². The Hall–Kier alpha value is -0.890. The van der Waals surface area contributed by atoms with Crippen LogP contribution in [-0.2, 0) is 0 Å². The van der Waals surface area contributed by atoms with Crippen LogP contribution in [0.2, 0.25) is 0 Å². The molecule has 0 spiro atoms. The van der Waals surface area contributed by atoms with E-state index >= 15 is 0 Å². The minimum atomic E-state index is 0.463. The van der Waals surface area contributed by atoms with E-state index in [0.717, 1.165) is 0 Å². The van der Waals surface area contributed by atoms with Gasteiger partial charge in [-0.05, 0) is 16.9 Å². The molecule has 0 bridgehead atoms. The first-order chi connectivity index (χ1) is 7.20. The summed E-state index contributed by atoms with van der Waals surface area (Å²) < 4.78 is 0. The average Bonchev–Trinajstić information content (AvgIpc) is 2.27. The van der Waals surface area contributed by atoms with Crippen LogP contribution >= 0.6 is 15.9 Å². The zero-order valence-electron chi connectivity index (χ0n) is 8.94. The van der Waals surface area contributed by atoms with Crippen LogP contribution in [0.1, 0.15) is 25.3 Å². The Labute approximate surface area is 98.7 Å². The maximum atomic E-state index is 4.30. The predicted octanol–water partition coefficient (Wildman–Crippen LogP) is 4.12. The summed E-state index contributed by atoms with van der Waals surface area (Å²) in [7, 11) is 0. The molecule has 2 rings (SSSR count). The molecule has 0 radical (unpaired) electrons. The number of hydrogen-bond donors (Lipinski definition) is 0. The zero-order chi connectivity index (χ0) is 10.8. The molecule has 2 atom stereocenters. The summed E-state index contributed by atoms with van der Waals surface area (Å²) in [5.74, 6) is 0.476. The molecule has 0 aliphatic heterocycles. The smallest absolute Gasteiger partial charge is 0.0346 e. The second-order valence-electron chi connectivity index (χ2n) is 3.92. The molecule has 1 nitrogen and oxygen atoms in total. The molecular formula is C13H14BrN. The molecule has 2 heteroatoms. The van der Waals surface area contributed by atoms with Gasteiger partial charge in [0.25, 0.3) is 0 Å². The quantitative estimate of drug-likeness (QED) is 0.743. The van der Waals surface area contributed by atoms with Crippen LogP contribution in [-0.4, -0.2) is 9.81 Å². The van der Waals surface area contributed by atoms with Crippen molar-refractivity contribution in [1.82, 2.24) is 4.98 Å². The lowest BCUT2D eigenvalue weighted by atomic mass is 9.95. The highest BCUT2D eigenvalue weighted by Gasteiger charge is 2.13. The van der Waals surface area contributed by atoms with Crippen LogP contribution in [0.3, 0.4) is 0 Å². The van der Waals surface area contributed by atoms with Gasteiger partial charge in [-0.25, -0.2) is 0 Å². The number of fused-ring (bicyclic) bond motifs is 1. The van der Waals surface area contributed by atoms with Gasteiger partial charge in [0.15, 0.2) is 0 Å². The monoisotopic (exact) mass is 263 g/mol. The van der Waals surface area contributed by atoms with Gasteiger partial charge in [0, 0.05) is 22.6 Å². The zero-order valence-corrected chi connectivity index (χ0v) is 10.5. The number of aromatic nitrogens is 1. The van der Waals surface area contributed by atoms with Crippen molar-refractivity contribution >= 4 is 26.7 Å². The molecule has 78 valence electrons. The van der Waals surface area contributed by atoms with Gasteiger partial charge in [-0.3, -0.25) is 4.98 Å². The highest BCUT2D eigenvalue weighted by Crippen LogP contribution is 2.29. The van der Waals surface area contributed by atoms with Crippen molar-refractivity contribution in [2.45, 2.75) is 24.6 Å². The average molecular weight is 264 g/mol. The van der Waals surface area contributed by atoms with Gasteiger partial charge in [0.05, 0.1) is 0 Å². The standard InChI is InChI=1S/C13H14BrN/c1-9(10(2)14)13-8-15-7-11-5-3-4-6-12(11)13/h3-10H,1-2H3. The molecular weight excluding hydrogens is 250 g/mol. The van der Waals surface area contributed by atoms with Crippen molar-refractivity contribution in [1.29, 1.82) is 0 Å². The molecule has 0 aliphatic carbocycles. The number of alkyl halides is 1. The van der Waals surface area contributed by atoms with Gasteiger partial charge in [0.2, 0.25) is 0 Å². The van der Waals surface area contributed by atoms with E-state index in [-0.39, 0.29) is 0 Å². The molecule has 1 heterocycles. The van der Waals surface area contributed by atoms with Crippen molar-refractivity contribution in [2.24, 2.45) is 0 Å². The number of hydrogen-bond acceptors (Lipinski definition) is 1. The van der Waals surface area contributed by atoms with Gasteiger partial charge in [0.1, 0.15) is 0 Å². The Morgan fingerprint density at radius 2 is 1.87 bits per heavy atom. The van der Waals surface area contributed by atoms with Crippen molar-refractivity contribution in [3.05, 3.63) is 42.2 Å². The van der Waals surface area contributed by atoms with Crippen molar-refractivity contribution in [3.8, 4) is 0 Å². The van der Waals surface area contributed by atoms with E-state index in [1.54, 1.807) is 0 Å². The summed E-state index contributed by atoms with van der Waals surface area (Å²) in [4.78, 5) is 4.76. The predicted molar refractivity (Wildman–Crippen MR) is 68.5 cm³/mol. The first-order valence-corrected chi connectivity index (χ1v) is 6.08. The van der Waals surface area contributed by atoms with Crippen LogP contribution < -0.4 is 0 Å². The minimum absolute atomic E-state index is 0.463. The minimum Gasteiger partial charge on any atom is -0.264 e. The van der Waals surface area contributed by atoms with E-state index in [4.69, 9.17) is 0 Å². The second kappa shape index (κ2) is 4.31. The first-order valence-electron chi connectivity index (χ1n) is 5.17. The summed E-state index contributed by atoms with van der Waals surface area (Å²) in [5.41, 5.74) is 1.32. The fourth-order valence-electron chi connectivity index (χ4n) is 1.75. The third-order valence-electron chi connectivity index (χ3n) is 2.88. The lowest BCUT2D eigenvalue weighted by Gasteiger charge is -2.16. The van der Waals surface area contributed by atoms with Crippen LogP contribution in [0, 0.1) is 0 Å². The summed E-state index contributed by atoms with van der Waals surface area (Å²) >= 11 is 3.63. The Bertz CT molecular complexity index is 460. The summed E-state index contributed by atoms with van der Waals surface area (Å²) in [6.45, 7) is 4.40. The summed E-state index contributed by atoms with van der Waals surface area (Å²) in [5, 5.41) is 2.53. The molecule has 1 aromatic heterocycles. The second-order valence-corrected chi connectivity index (χ2v) is 5.36. The molecule has 2 aromatic rings. The maximum Gasteiger partial charge on any atom is 0.0346 e. The molecule has 0 fully saturated rings. The molecule has 0 saturated carbocycles. The molecule has 2 unspecified atom stereocenters. The maximum absolute atomic E-state index is 4.30. The first kappa shape index (κ1) is 10.6. The van der Waals surface area contributed by atoms with Gasteiger partial charge in [-0.2, -0.15) is 0 Å². The Balaban J connectivity index is 2.60. The highest BCUT2D eigenvalue weighted by atomic mass is 79.9. The topological polar surface area (TPSA) is 12.9 Å². The Morgan fingerprint density at radius 1 is 1.13 bits per heavy atom. The molecule has 15 heavy (non-hydrogen) atoms. The van der Waals surface area contributed by atoms with Gasteiger partial charge < -0.3 is 0 Å². The van der Waals surface area contributed by atoms with Crippen molar-refractivity contribution < 1.29 is 0 Å². The highest BCUT2D eigenvalue weighted by molar-refractivity contribution is 9.09. The fourth-order valence-corrected chi connectivity index (χ4v) is 2.03. The van der Waals surface area contributed by atoms with Crippen molar-refractivity contribution in [2.75, 3.05) is 0 Å². The number of rotatable bonds is 2. The number of nitrogens with zero attached hydrogens (tertiary/aromatic N) is 1. The van der Waals surface area contributed by atoms with Crippen LogP contribution in [0.5, 0.6) is 0 Å². The fraction of sp³-hybridized carbons (Fsp3) is 0.308. The number of pyridine rings is 1. The normalized spacial score (nSPS) is 15.1. The van der Waals surface area contributed by atoms with Crippen LogP contribution in [0.4, 0.5) is 0 Å². The van der Waals surface area contributed by atoms with Crippen LogP contribution in [0.25, 0.3) is 10.8 Å². The van der Waals surface area contributed by atoms with E-state index in [0.29, 0.717) is 10.7 Å². The van der Waals surface area contributed by atoms with Gasteiger partial charge >= 0.3 is 0 Å². The number of benzene rings is 1. The lowest BCUT2D eigenvalue weighted by Crippen LogP contribution is -2.05. The molecule has 0 saturated heterocycles. The van der Waals surface area contributed by atoms with Crippen LogP contribution in [0.15, 0.2) is 36.7 Å². The molecule has 0 amide bonds. The van der Waals surface area contributed by atoms with E-state index in [9.17, 15) is 0 Å². The third kappa shape index (κ3) is 2.05. The Morgan fingerprint density at radius 3 is 2.60 bits per heavy atom. The summed E-state index contributed by atoms with van der Waals surface area (Å²) in [6.07, 6.45) is 3.90. The van der Waals surface area contributed by atoms with Gasteiger partial charge in [-0.15, -0.1) is 0 Å². The van der Waals surface area contributed by atoms with E-state index < -0.39 is 0 Å². The SMILES string of the molecule is CC(Br)C(C)c1cncc2ccccc12. The van der Waals surface area contributed by atoms with E-state index in [1.165, 1.54) is 16.3 Å². The Kier molecular flexibility index (Phi) is 3.06. The largest absolute Gasteiger partial charge is 0.264 e. The van der Waals surface area contributed by atoms with Crippen molar-refractivity contribution in [3.63, 3.8) is 0 Å². The molecule has 0 aliphatic rings. The molecule has 1 aromatic carbocycles. The lowest BCUT2D eigenvalue weighted by molar-refractivity contribution is 0.764. The molecule has 0 N–H and O–H groups in total. The summed E-state index contributed by atoms with van der Waals surface area (Å²) in [6, 6.07) is 8.41. The van der Waals surface area contributed by atoms with E-state index in [2.05, 4.69) is 59.0 Å². The number of halogens is 1. The third-order valence-corrected chi connectivity index (χ3v) is 3.67.